The molecule has 0 unspecified atom stereocenters. The molecule has 3 heterocycles. The van der Waals surface area contributed by atoms with Crippen LogP contribution in [0.1, 0.15) is 19.4 Å². The molecular formula is C22H27N5O3. The number of benzene rings is 1. The Morgan fingerprint density at radius 2 is 1.93 bits per heavy atom. The maximum Gasteiger partial charge on any atom is 0.262 e. The third kappa shape index (κ3) is 3.88. The largest absolute Gasteiger partial charge is 0.496 e. The molecule has 0 atom stereocenters. The summed E-state index contributed by atoms with van der Waals surface area (Å²) in [5, 5.41) is 9.88. The Kier molecular flexibility index (Phi) is 5.69. The molecule has 0 bridgehead atoms. The lowest BCUT2D eigenvalue weighted by molar-refractivity contribution is 0.209. The highest BCUT2D eigenvalue weighted by Gasteiger charge is 2.20. The van der Waals surface area contributed by atoms with Gasteiger partial charge >= 0.3 is 0 Å². The first-order valence-corrected chi connectivity index (χ1v) is 10.2. The third-order valence-corrected chi connectivity index (χ3v) is 5.58. The van der Waals surface area contributed by atoms with E-state index in [0.717, 1.165) is 32.0 Å². The standard InChI is InChI=1S/C22H27N5O3/c1-14(2)26-7-9-27(10-8-26)19-6-4-5-16(23-19)21-24-17-11-15(13-28)12-18(30-3)20(17)22(29)25-21/h4-6,11-12,14,28H,7-10,13H2,1-3H3,(H,24,25,29). The first-order chi connectivity index (χ1) is 14.5. The number of aromatic nitrogens is 3. The van der Waals surface area contributed by atoms with E-state index in [-0.39, 0.29) is 12.2 Å². The molecule has 30 heavy (non-hydrogen) atoms. The SMILES string of the molecule is COc1cc(CO)cc2nc(-c3cccc(N4CCN(C(C)C)CC4)n3)[nH]c(=O)c12. The van der Waals surface area contributed by atoms with E-state index in [0.29, 0.717) is 39.8 Å². The summed E-state index contributed by atoms with van der Waals surface area (Å²) in [5.41, 5.74) is 1.41. The number of hydrogen-bond acceptors (Lipinski definition) is 7. The zero-order valence-electron chi connectivity index (χ0n) is 17.6. The van der Waals surface area contributed by atoms with Gasteiger partial charge in [0.2, 0.25) is 0 Å². The first kappa shape index (κ1) is 20.3. The number of H-pyrrole nitrogens is 1. The number of aliphatic hydroxyl groups is 1. The second-order valence-electron chi connectivity index (χ2n) is 7.76. The molecule has 2 N–H and O–H groups in total. The summed E-state index contributed by atoms with van der Waals surface area (Å²) >= 11 is 0. The molecule has 0 aliphatic carbocycles. The fraction of sp³-hybridized carbons (Fsp3) is 0.409. The molecule has 0 saturated carbocycles. The Balaban J connectivity index is 1.69. The van der Waals surface area contributed by atoms with Crippen LogP contribution in [0.4, 0.5) is 5.82 Å². The number of rotatable bonds is 5. The summed E-state index contributed by atoms with van der Waals surface area (Å²) in [7, 11) is 1.49. The highest BCUT2D eigenvalue weighted by molar-refractivity contribution is 5.86. The lowest BCUT2D eigenvalue weighted by Crippen LogP contribution is -2.49. The van der Waals surface area contributed by atoms with Crippen molar-refractivity contribution in [2.75, 3.05) is 38.2 Å². The number of nitrogens with one attached hydrogen (secondary N) is 1. The van der Waals surface area contributed by atoms with E-state index in [2.05, 4.69) is 33.6 Å². The van der Waals surface area contributed by atoms with Crippen LogP contribution in [-0.2, 0) is 6.61 Å². The minimum absolute atomic E-state index is 0.161. The summed E-state index contributed by atoms with van der Waals surface area (Å²) in [6, 6.07) is 9.65. The Bertz CT molecular complexity index is 1100. The maximum absolute atomic E-state index is 12.8. The monoisotopic (exact) mass is 409 g/mol. The average molecular weight is 409 g/mol. The number of nitrogens with zero attached hydrogens (tertiary/aromatic N) is 4. The lowest BCUT2D eigenvalue weighted by Gasteiger charge is -2.37. The van der Waals surface area contributed by atoms with Gasteiger partial charge in [-0.2, -0.15) is 0 Å². The minimum Gasteiger partial charge on any atom is -0.496 e. The van der Waals surface area contributed by atoms with Crippen LogP contribution in [0.2, 0.25) is 0 Å². The van der Waals surface area contributed by atoms with Gasteiger partial charge in [0.25, 0.3) is 5.56 Å². The fourth-order valence-electron chi connectivity index (χ4n) is 3.86. The number of methoxy groups -OCH3 is 1. The molecule has 158 valence electrons. The van der Waals surface area contributed by atoms with Crippen molar-refractivity contribution in [3.8, 4) is 17.3 Å². The summed E-state index contributed by atoms with van der Waals surface area (Å²) in [6.07, 6.45) is 0. The van der Waals surface area contributed by atoms with Gasteiger partial charge in [0.15, 0.2) is 5.82 Å². The topological polar surface area (TPSA) is 94.6 Å². The molecule has 0 amide bonds. The van der Waals surface area contributed by atoms with Crippen molar-refractivity contribution in [2.24, 2.45) is 0 Å². The molecule has 2 aromatic heterocycles. The van der Waals surface area contributed by atoms with Crippen LogP contribution in [0.15, 0.2) is 35.1 Å². The van der Waals surface area contributed by atoms with Gasteiger partial charge in [-0.1, -0.05) is 6.07 Å². The number of fused-ring (bicyclic) bond motifs is 1. The van der Waals surface area contributed by atoms with Crippen molar-refractivity contribution in [2.45, 2.75) is 26.5 Å². The van der Waals surface area contributed by atoms with Gasteiger partial charge in [0.1, 0.15) is 22.6 Å². The zero-order chi connectivity index (χ0) is 21.3. The summed E-state index contributed by atoms with van der Waals surface area (Å²) in [4.78, 5) is 29.7. The van der Waals surface area contributed by atoms with Crippen LogP contribution in [0.5, 0.6) is 5.75 Å². The lowest BCUT2D eigenvalue weighted by atomic mass is 10.1. The van der Waals surface area contributed by atoms with Crippen molar-refractivity contribution in [3.05, 3.63) is 46.2 Å². The van der Waals surface area contributed by atoms with Crippen LogP contribution < -0.4 is 15.2 Å². The highest BCUT2D eigenvalue weighted by atomic mass is 16.5. The van der Waals surface area contributed by atoms with Gasteiger partial charge in [-0.15, -0.1) is 0 Å². The normalized spacial score (nSPS) is 15.2. The summed E-state index contributed by atoms with van der Waals surface area (Å²) in [5.74, 6) is 1.66. The average Bonchev–Trinajstić information content (AvgIpc) is 2.78. The van der Waals surface area contributed by atoms with E-state index in [1.165, 1.54) is 7.11 Å². The molecule has 0 radical (unpaired) electrons. The van der Waals surface area contributed by atoms with Crippen LogP contribution in [0.25, 0.3) is 22.4 Å². The predicted octanol–water partition coefficient (Wildman–Crippen LogP) is 2.02. The molecule has 1 aromatic carbocycles. The van der Waals surface area contributed by atoms with E-state index < -0.39 is 0 Å². The summed E-state index contributed by atoms with van der Waals surface area (Å²) < 4.78 is 5.32. The Labute approximate surface area is 175 Å². The van der Waals surface area contributed by atoms with E-state index in [1.54, 1.807) is 12.1 Å². The van der Waals surface area contributed by atoms with E-state index in [4.69, 9.17) is 9.72 Å². The van der Waals surface area contributed by atoms with Crippen molar-refractivity contribution >= 4 is 16.7 Å². The van der Waals surface area contributed by atoms with Gasteiger partial charge < -0.3 is 19.7 Å². The minimum atomic E-state index is -0.297. The van der Waals surface area contributed by atoms with Gasteiger partial charge in [-0.3, -0.25) is 9.69 Å². The van der Waals surface area contributed by atoms with Crippen LogP contribution in [-0.4, -0.2) is 64.3 Å². The summed E-state index contributed by atoms with van der Waals surface area (Å²) in [6.45, 7) is 8.09. The number of ether oxygens (including phenoxy) is 1. The molecule has 1 aliphatic heterocycles. The second kappa shape index (κ2) is 8.41. The smallest absolute Gasteiger partial charge is 0.262 e. The predicted molar refractivity (Wildman–Crippen MR) is 117 cm³/mol. The van der Waals surface area contributed by atoms with E-state index in [9.17, 15) is 9.90 Å². The van der Waals surface area contributed by atoms with Crippen molar-refractivity contribution in [1.82, 2.24) is 19.9 Å². The first-order valence-electron chi connectivity index (χ1n) is 10.2. The van der Waals surface area contributed by atoms with Crippen molar-refractivity contribution < 1.29 is 9.84 Å². The molecule has 4 rings (SSSR count). The van der Waals surface area contributed by atoms with E-state index >= 15 is 0 Å². The zero-order valence-corrected chi connectivity index (χ0v) is 17.6. The van der Waals surface area contributed by atoms with Crippen molar-refractivity contribution in [3.63, 3.8) is 0 Å². The number of aromatic amines is 1. The molecule has 1 saturated heterocycles. The Morgan fingerprint density at radius 1 is 1.17 bits per heavy atom. The van der Waals surface area contributed by atoms with Gasteiger partial charge in [0.05, 0.1) is 19.2 Å². The van der Waals surface area contributed by atoms with Crippen LogP contribution >= 0.6 is 0 Å². The number of hydrogen-bond donors (Lipinski definition) is 2. The van der Waals surface area contributed by atoms with Gasteiger partial charge in [-0.05, 0) is 43.7 Å². The highest BCUT2D eigenvalue weighted by Crippen LogP contribution is 2.26. The number of pyridine rings is 1. The quantitative estimate of drug-likeness (QED) is 0.666. The number of anilines is 1. The third-order valence-electron chi connectivity index (χ3n) is 5.58. The molecule has 8 heteroatoms. The van der Waals surface area contributed by atoms with Crippen LogP contribution in [0, 0.1) is 0 Å². The molecule has 8 nitrogen and oxygen atoms in total. The van der Waals surface area contributed by atoms with Crippen LogP contribution in [0.3, 0.4) is 0 Å². The molecule has 1 fully saturated rings. The molecule has 0 spiro atoms. The van der Waals surface area contributed by atoms with Crippen molar-refractivity contribution in [1.29, 1.82) is 0 Å². The Morgan fingerprint density at radius 3 is 2.60 bits per heavy atom. The Hall–Kier alpha value is -2.97. The molecule has 3 aromatic rings. The van der Waals surface area contributed by atoms with E-state index in [1.807, 2.05) is 18.2 Å². The molecular weight excluding hydrogens is 382 g/mol. The second-order valence-corrected chi connectivity index (χ2v) is 7.76. The number of piperazine rings is 1. The maximum atomic E-state index is 12.8. The van der Waals surface area contributed by atoms with Gasteiger partial charge in [-0.25, -0.2) is 9.97 Å². The fourth-order valence-corrected chi connectivity index (χ4v) is 3.86. The number of aliphatic hydroxyl groups excluding tert-OH is 1. The molecule has 1 aliphatic rings. The van der Waals surface area contributed by atoms with Gasteiger partial charge in [0, 0.05) is 32.2 Å².